The molecule has 4 N–H and O–H groups in total. The normalized spacial score (nSPS) is 15.0. The minimum absolute atomic E-state index is 0.0167. The molecular weight excluding hydrogens is 530 g/mol. The molecule has 3 aromatic carbocycles. The zero-order chi connectivity index (χ0) is 29.5. The second-order valence-corrected chi connectivity index (χ2v) is 9.99. The second-order valence-electron chi connectivity index (χ2n) is 9.99. The maximum atomic E-state index is 14.0. The third kappa shape index (κ3) is 7.20. The molecule has 1 aliphatic heterocycles. The Morgan fingerprint density at radius 1 is 0.951 bits per heavy atom. The van der Waals surface area contributed by atoms with Gasteiger partial charge in [0.15, 0.2) is 5.78 Å². The van der Waals surface area contributed by atoms with Gasteiger partial charge in [-0.25, -0.2) is 8.78 Å². The quantitative estimate of drug-likeness (QED) is 0.326. The highest BCUT2D eigenvalue weighted by molar-refractivity contribution is 6.00. The van der Waals surface area contributed by atoms with Gasteiger partial charge in [0.1, 0.15) is 23.7 Å². The van der Waals surface area contributed by atoms with E-state index in [0.717, 1.165) is 23.3 Å². The lowest BCUT2D eigenvalue weighted by atomic mass is 9.92. The Labute approximate surface area is 236 Å². The molecule has 0 radical (unpaired) electrons. The summed E-state index contributed by atoms with van der Waals surface area (Å²) >= 11 is 0. The summed E-state index contributed by atoms with van der Waals surface area (Å²) in [5.74, 6) is -3.46. The van der Waals surface area contributed by atoms with Crippen LogP contribution in [0.4, 0.5) is 14.5 Å². The Morgan fingerprint density at radius 2 is 1.59 bits per heavy atom. The predicted octanol–water partition coefficient (Wildman–Crippen LogP) is 3.66. The Balaban J connectivity index is 1.49. The molecule has 8 nitrogen and oxygen atoms in total. The lowest BCUT2D eigenvalue weighted by Crippen LogP contribution is -2.56. The third-order valence-electron chi connectivity index (χ3n) is 7.17. The first kappa shape index (κ1) is 29.5. The van der Waals surface area contributed by atoms with Crippen molar-refractivity contribution in [3.8, 4) is 0 Å². The van der Waals surface area contributed by atoms with Crippen molar-refractivity contribution in [1.29, 1.82) is 0 Å². The molecule has 0 spiro atoms. The van der Waals surface area contributed by atoms with Crippen LogP contribution in [0.25, 0.3) is 0 Å². The Hall–Kier alpha value is -4.44. The first-order valence-electron chi connectivity index (χ1n) is 13.4. The van der Waals surface area contributed by atoms with Crippen LogP contribution < -0.4 is 16.4 Å². The van der Waals surface area contributed by atoms with Gasteiger partial charge in [0, 0.05) is 42.6 Å². The first-order valence-corrected chi connectivity index (χ1v) is 13.4. The predicted molar refractivity (Wildman–Crippen MR) is 150 cm³/mol. The summed E-state index contributed by atoms with van der Waals surface area (Å²) in [6, 6.07) is 16.0. The fourth-order valence-corrected chi connectivity index (χ4v) is 4.80. The van der Waals surface area contributed by atoms with Crippen LogP contribution in [0, 0.1) is 18.6 Å². The number of nitrogens with one attached hydrogen (secondary N) is 2. The van der Waals surface area contributed by atoms with Crippen LogP contribution in [-0.2, 0) is 27.3 Å². The highest BCUT2D eigenvalue weighted by Gasteiger charge is 2.36. The number of Topliss-reactive ketones (excluding diaryl/α,β-unsaturated/α-hetero) is 1. The molecule has 214 valence electrons. The SMILES string of the molecule is Cc1c(F)cc(NC(=O)[C@H](CCN)NC(=O)[C@@H]2Cc3ccccc3CN2C(=O)CCC(=O)c2ccccc2)cc1F. The molecule has 4 rings (SSSR count). The second kappa shape index (κ2) is 13.3. The van der Waals surface area contributed by atoms with E-state index >= 15 is 0 Å². The average molecular weight is 563 g/mol. The molecule has 2 atom stereocenters. The topological polar surface area (TPSA) is 122 Å². The molecular formula is C31H32F2N4O4. The molecule has 1 aliphatic rings. The number of ketones is 1. The van der Waals surface area contributed by atoms with Gasteiger partial charge in [0.25, 0.3) is 0 Å². The molecule has 0 unspecified atom stereocenters. The lowest BCUT2D eigenvalue weighted by molar-refractivity contribution is -0.142. The summed E-state index contributed by atoms with van der Waals surface area (Å²) in [7, 11) is 0. The van der Waals surface area contributed by atoms with E-state index in [-0.39, 0.29) is 61.7 Å². The molecule has 41 heavy (non-hydrogen) atoms. The minimum atomic E-state index is -1.12. The van der Waals surface area contributed by atoms with E-state index in [1.54, 1.807) is 30.3 Å². The van der Waals surface area contributed by atoms with Gasteiger partial charge >= 0.3 is 0 Å². The smallest absolute Gasteiger partial charge is 0.247 e. The zero-order valence-corrected chi connectivity index (χ0v) is 22.7. The molecule has 0 fully saturated rings. The van der Waals surface area contributed by atoms with Crippen molar-refractivity contribution in [3.63, 3.8) is 0 Å². The van der Waals surface area contributed by atoms with E-state index in [1.165, 1.54) is 11.8 Å². The Kier molecular flexibility index (Phi) is 9.57. The largest absolute Gasteiger partial charge is 0.342 e. The van der Waals surface area contributed by atoms with Crippen LogP contribution in [-0.4, -0.2) is 47.0 Å². The number of anilines is 1. The molecule has 10 heteroatoms. The number of benzene rings is 3. The number of amides is 3. The summed E-state index contributed by atoms with van der Waals surface area (Å²) in [5, 5.41) is 5.11. The van der Waals surface area contributed by atoms with Crippen LogP contribution >= 0.6 is 0 Å². The summed E-state index contributed by atoms with van der Waals surface area (Å²) in [4.78, 5) is 54.0. The lowest BCUT2D eigenvalue weighted by Gasteiger charge is -2.36. The van der Waals surface area contributed by atoms with Crippen LogP contribution in [0.15, 0.2) is 66.7 Å². The van der Waals surface area contributed by atoms with Gasteiger partial charge in [0.2, 0.25) is 17.7 Å². The molecule has 0 bridgehead atoms. The highest BCUT2D eigenvalue weighted by Crippen LogP contribution is 2.25. The van der Waals surface area contributed by atoms with Crippen molar-refractivity contribution in [1.82, 2.24) is 10.2 Å². The fourth-order valence-electron chi connectivity index (χ4n) is 4.80. The van der Waals surface area contributed by atoms with E-state index in [2.05, 4.69) is 10.6 Å². The number of halogens is 2. The van der Waals surface area contributed by atoms with Gasteiger partial charge in [-0.05, 0) is 43.1 Å². The number of rotatable bonds is 10. The number of nitrogens with zero attached hydrogens (tertiary/aromatic N) is 1. The fraction of sp³-hybridized carbons (Fsp3) is 0.290. The number of carbonyl (C=O) groups excluding carboxylic acids is 4. The Bertz CT molecular complexity index is 1420. The monoisotopic (exact) mass is 562 g/mol. The molecule has 1 heterocycles. The van der Waals surface area contributed by atoms with Crippen molar-refractivity contribution >= 4 is 29.2 Å². The van der Waals surface area contributed by atoms with Gasteiger partial charge in [-0.2, -0.15) is 0 Å². The van der Waals surface area contributed by atoms with E-state index in [9.17, 15) is 28.0 Å². The maximum Gasteiger partial charge on any atom is 0.247 e. The average Bonchev–Trinajstić information content (AvgIpc) is 2.97. The van der Waals surface area contributed by atoms with Crippen LogP contribution in [0.2, 0.25) is 0 Å². The molecule has 0 saturated heterocycles. The number of nitrogens with two attached hydrogens (primary N) is 1. The van der Waals surface area contributed by atoms with Crippen molar-refractivity contribution in [2.75, 3.05) is 11.9 Å². The molecule has 0 saturated carbocycles. The van der Waals surface area contributed by atoms with E-state index in [0.29, 0.717) is 5.56 Å². The number of fused-ring (bicyclic) bond motifs is 1. The summed E-state index contributed by atoms with van der Waals surface area (Å²) in [5.41, 5.74) is 7.69. The van der Waals surface area contributed by atoms with Crippen molar-refractivity contribution < 1.29 is 28.0 Å². The number of carbonyl (C=O) groups is 4. The first-order chi connectivity index (χ1) is 19.7. The molecule has 3 aromatic rings. The van der Waals surface area contributed by atoms with Gasteiger partial charge < -0.3 is 21.3 Å². The van der Waals surface area contributed by atoms with Gasteiger partial charge in [-0.15, -0.1) is 0 Å². The van der Waals surface area contributed by atoms with E-state index < -0.39 is 35.5 Å². The number of hydrogen-bond donors (Lipinski definition) is 3. The van der Waals surface area contributed by atoms with Gasteiger partial charge in [-0.1, -0.05) is 54.6 Å². The van der Waals surface area contributed by atoms with Gasteiger partial charge in [-0.3, -0.25) is 19.2 Å². The molecule has 0 aliphatic carbocycles. The Morgan fingerprint density at radius 3 is 2.24 bits per heavy atom. The van der Waals surface area contributed by atoms with Crippen LogP contribution in [0.5, 0.6) is 0 Å². The summed E-state index contributed by atoms with van der Waals surface area (Å²) in [6.07, 6.45) is 0.164. The summed E-state index contributed by atoms with van der Waals surface area (Å²) in [6.45, 7) is 1.50. The van der Waals surface area contributed by atoms with Crippen molar-refractivity contribution in [3.05, 3.63) is 101 Å². The highest BCUT2D eigenvalue weighted by atomic mass is 19.1. The van der Waals surface area contributed by atoms with Gasteiger partial charge in [0.05, 0.1) is 0 Å². The molecule has 0 aromatic heterocycles. The molecule has 3 amide bonds. The minimum Gasteiger partial charge on any atom is -0.342 e. The van der Waals surface area contributed by atoms with E-state index in [4.69, 9.17) is 5.73 Å². The van der Waals surface area contributed by atoms with Crippen LogP contribution in [0.1, 0.15) is 46.3 Å². The van der Waals surface area contributed by atoms with Crippen molar-refractivity contribution in [2.24, 2.45) is 5.73 Å². The number of hydrogen-bond acceptors (Lipinski definition) is 5. The summed E-state index contributed by atoms with van der Waals surface area (Å²) < 4.78 is 28.0. The maximum absolute atomic E-state index is 14.0. The third-order valence-corrected chi connectivity index (χ3v) is 7.17. The zero-order valence-electron chi connectivity index (χ0n) is 22.7. The van der Waals surface area contributed by atoms with Crippen molar-refractivity contribution in [2.45, 2.75) is 51.2 Å². The van der Waals surface area contributed by atoms with E-state index in [1.807, 2.05) is 24.3 Å². The standard InChI is InChI=1S/C31H32F2N4O4/c1-19-24(32)16-23(17-25(19)33)35-30(40)26(13-14-34)36-31(41)27-15-21-9-5-6-10-22(21)18-37(27)29(39)12-11-28(38)20-7-3-2-4-8-20/h2-10,16-17,26-27H,11-15,18,34H2,1H3,(H,35,40)(H,36,41)/t26-,27-/m0/s1. The van der Waals surface area contributed by atoms with Crippen LogP contribution in [0.3, 0.4) is 0 Å².